The fourth-order valence-electron chi connectivity index (χ4n) is 4.01. The molecule has 332 valence electrons. The predicted molar refractivity (Wildman–Crippen MR) is 213 cm³/mol. The second kappa shape index (κ2) is 25.8. The molecule has 0 aliphatic rings. The number of hydrogen-bond acceptors (Lipinski definition) is 17. The molecule has 8 N–H and O–H groups in total. The summed E-state index contributed by atoms with van der Waals surface area (Å²) in [6.45, 7) is 2.23. The number of hydrogen-bond donors (Lipinski definition) is 5. The SMILES string of the molecule is CCOC(=O)COc1ncccc1Oc1cc(N)c(F)cc1Cl.CCOC(=O)COc1ncccc1Oc1cc(NC(=O)NC(N)=O)c(F)cc1Cl.NC(=O)CC(=O)C[N+](=O)[O-]. The predicted octanol–water partition coefficient (Wildman–Crippen LogP) is 4.71. The number of halogens is 4. The van der Waals surface area contributed by atoms with E-state index < -0.39 is 71.8 Å². The number of anilines is 2. The van der Waals surface area contributed by atoms with Crippen LogP contribution in [0.1, 0.15) is 20.3 Å². The lowest BCUT2D eigenvalue weighted by Crippen LogP contribution is -2.38. The van der Waals surface area contributed by atoms with Gasteiger partial charge in [0.05, 0.1) is 41.1 Å². The van der Waals surface area contributed by atoms with E-state index in [2.05, 4.69) is 21.0 Å². The summed E-state index contributed by atoms with van der Waals surface area (Å²) in [6.07, 6.45) is 2.32. The molecule has 0 aliphatic heterocycles. The molecule has 5 amide bonds. The molecule has 4 rings (SSSR count). The number of Topliss-reactive ketones (excluding diaryl/α,β-unsaturated/α-hetero) is 1. The monoisotopic (exact) mass is 912 g/mol. The summed E-state index contributed by atoms with van der Waals surface area (Å²) in [5.74, 6) is -3.90. The van der Waals surface area contributed by atoms with Gasteiger partial charge in [-0.2, -0.15) is 0 Å². The van der Waals surface area contributed by atoms with Gasteiger partial charge in [0.2, 0.25) is 11.7 Å². The first-order valence-electron chi connectivity index (χ1n) is 17.2. The Balaban J connectivity index is 0.000000356. The van der Waals surface area contributed by atoms with Crippen LogP contribution in [0.4, 0.5) is 29.7 Å². The summed E-state index contributed by atoms with van der Waals surface area (Å²) < 4.78 is 58.5. The van der Waals surface area contributed by atoms with Gasteiger partial charge in [-0.25, -0.2) is 37.9 Å². The zero-order valence-corrected chi connectivity index (χ0v) is 33.8. The highest BCUT2D eigenvalue weighted by Gasteiger charge is 2.18. The number of benzene rings is 2. The fourth-order valence-corrected chi connectivity index (χ4v) is 4.38. The number of nitrogens with two attached hydrogens (primary N) is 3. The molecule has 62 heavy (non-hydrogen) atoms. The Labute approximate surface area is 359 Å². The molecule has 0 unspecified atom stereocenters. The first kappa shape index (κ1) is 50.5. The largest absolute Gasteiger partial charge is 0.463 e. The van der Waals surface area contributed by atoms with E-state index in [1.807, 2.05) is 0 Å². The summed E-state index contributed by atoms with van der Waals surface area (Å²) in [7, 11) is 0. The third kappa shape index (κ3) is 18.5. The molecule has 22 nitrogen and oxygen atoms in total. The van der Waals surface area contributed by atoms with E-state index in [4.69, 9.17) is 63.1 Å². The molecule has 0 fully saturated rings. The van der Waals surface area contributed by atoms with Crippen LogP contribution in [0.15, 0.2) is 60.9 Å². The zero-order valence-electron chi connectivity index (χ0n) is 32.3. The lowest BCUT2D eigenvalue weighted by Gasteiger charge is -2.14. The Bertz CT molecular complexity index is 2240. The highest BCUT2D eigenvalue weighted by Crippen LogP contribution is 2.37. The van der Waals surface area contributed by atoms with E-state index in [1.165, 1.54) is 30.6 Å². The van der Waals surface area contributed by atoms with Crippen molar-refractivity contribution in [1.82, 2.24) is 15.3 Å². The quantitative estimate of drug-likeness (QED) is 0.0315. The normalized spacial score (nSPS) is 9.90. The van der Waals surface area contributed by atoms with Gasteiger partial charge < -0.3 is 50.9 Å². The molecule has 0 radical (unpaired) electrons. The molecule has 26 heteroatoms. The van der Waals surface area contributed by atoms with Crippen LogP contribution in [-0.4, -0.2) is 83.6 Å². The Morgan fingerprint density at radius 3 is 1.71 bits per heavy atom. The maximum Gasteiger partial charge on any atom is 0.344 e. The lowest BCUT2D eigenvalue weighted by molar-refractivity contribution is -0.467. The van der Waals surface area contributed by atoms with Crippen molar-refractivity contribution in [2.75, 3.05) is 44.0 Å². The van der Waals surface area contributed by atoms with E-state index in [1.54, 1.807) is 31.3 Å². The number of primary amides is 2. The van der Waals surface area contributed by atoms with E-state index in [-0.39, 0.29) is 76.0 Å². The van der Waals surface area contributed by atoms with Crippen LogP contribution < -0.4 is 46.8 Å². The van der Waals surface area contributed by atoms with Gasteiger partial charge in [-0.05, 0) is 50.2 Å². The first-order valence-corrected chi connectivity index (χ1v) is 17.9. The number of urea groups is 2. The molecular formula is C36H36Cl2F2N8O14. The Morgan fingerprint density at radius 2 is 1.26 bits per heavy atom. The van der Waals surface area contributed by atoms with Gasteiger partial charge in [0.15, 0.2) is 24.7 Å². The number of carbonyl (C=O) groups excluding carboxylic acids is 6. The molecule has 4 aromatic rings. The second-order valence-corrected chi connectivity index (χ2v) is 12.0. The zero-order chi connectivity index (χ0) is 46.4. The number of pyridine rings is 2. The molecule has 0 saturated heterocycles. The maximum absolute atomic E-state index is 14.0. The van der Waals surface area contributed by atoms with Gasteiger partial charge in [-0.3, -0.25) is 25.0 Å². The smallest absolute Gasteiger partial charge is 0.344 e. The van der Waals surface area contributed by atoms with Crippen LogP contribution in [0, 0.1) is 21.7 Å². The van der Waals surface area contributed by atoms with Crippen molar-refractivity contribution in [2.24, 2.45) is 11.5 Å². The minimum Gasteiger partial charge on any atom is -0.463 e. The summed E-state index contributed by atoms with van der Waals surface area (Å²) in [5, 5.41) is 13.4. The summed E-state index contributed by atoms with van der Waals surface area (Å²) in [6, 6.07) is 8.27. The summed E-state index contributed by atoms with van der Waals surface area (Å²) in [5.41, 5.74) is 14.5. The van der Waals surface area contributed by atoms with Crippen LogP contribution in [-0.2, 0) is 28.7 Å². The van der Waals surface area contributed by atoms with Gasteiger partial charge in [-0.15, -0.1) is 0 Å². The molecule has 2 heterocycles. The third-order valence-corrected chi connectivity index (χ3v) is 7.00. The van der Waals surface area contributed by atoms with E-state index in [0.29, 0.717) is 0 Å². The van der Waals surface area contributed by atoms with Crippen molar-refractivity contribution >= 4 is 70.3 Å². The third-order valence-electron chi connectivity index (χ3n) is 6.41. The minimum atomic E-state index is -1.12. The number of amides is 5. The van der Waals surface area contributed by atoms with E-state index >= 15 is 0 Å². The van der Waals surface area contributed by atoms with Crippen molar-refractivity contribution in [1.29, 1.82) is 0 Å². The fraction of sp³-hybridized carbons (Fsp3) is 0.222. The highest BCUT2D eigenvalue weighted by molar-refractivity contribution is 6.32. The number of ketones is 1. The maximum atomic E-state index is 14.0. The Kier molecular flexibility index (Phi) is 21.0. The van der Waals surface area contributed by atoms with Crippen molar-refractivity contribution in [2.45, 2.75) is 20.3 Å². The van der Waals surface area contributed by atoms with Crippen LogP contribution in [0.5, 0.6) is 34.8 Å². The number of ether oxygens (including phenoxy) is 6. The summed E-state index contributed by atoms with van der Waals surface area (Å²) in [4.78, 5) is 82.1. The number of nitro groups is 1. The molecule has 2 aromatic carbocycles. The average Bonchev–Trinajstić information content (AvgIpc) is 3.18. The number of aromatic nitrogens is 2. The number of esters is 2. The summed E-state index contributed by atoms with van der Waals surface area (Å²) >= 11 is 11.9. The number of nitrogens with one attached hydrogen (secondary N) is 2. The molecule has 0 spiro atoms. The average molecular weight is 914 g/mol. The number of imide groups is 1. The molecular weight excluding hydrogens is 877 g/mol. The number of nitrogen functional groups attached to an aromatic ring is 1. The highest BCUT2D eigenvalue weighted by atomic mass is 35.5. The number of rotatable bonds is 17. The standard InChI is InChI=1S/C17H16ClFN4O6.C15H14ClFN2O4.C4H6N2O4/c1-2-27-14(24)8-28-15-12(4-3-5-21-15)29-13-7-11(10(19)6-9(13)18)22-17(26)23-16(20)25;1-2-21-14(20)8-22-15-12(4-3-5-19-15)23-13-7-11(18)10(17)6-9(13)16;5-4(8)1-3(7)2-6(9)10/h3-7H,2,8H2,1H3,(H4,20,22,23,25,26);3-7H,2,8,18H2,1H3;1-2H2,(H2,5,8). The molecule has 0 saturated carbocycles. The van der Waals surface area contributed by atoms with Gasteiger partial charge in [0.1, 0.15) is 23.1 Å². The van der Waals surface area contributed by atoms with Crippen LogP contribution in [0.25, 0.3) is 0 Å². The topological polar surface area (TPSA) is 329 Å². The van der Waals surface area contributed by atoms with Crippen molar-refractivity contribution in [3.8, 4) is 34.8 Å². The second-order valence-electron chi connectivity index (χ2n) is 11.2. The van der Waals surface area contributed by atoms with E-state index in [9.17, 15) is 47.7 Å². The van der Waals surface area contributed by atoms with E-state index in [0.717, 1.165) is 18.2 Å². The van der Waals surface area contributed by atoms with Gasteiger partial charge >= 0.3 is 24.0 Å². The molecule has 2 aromatic heterocycles. The van der Waals surface area contributed by atoms with Crippen molar-refractivity contribution in [3.63, 3.8) is 0 Å². The van der Waals surface area contributed by atoms with Crippen LogP contribution >= 0.6 is 23.2 Å². The van der Waals surface area contributed by atoms with Crippen molar-refractivity contribution in [3.05, 3.63) is 92.7 Å². The lowest BCUT2D eigenvalue weighted by atomic mass is 10.3. The molecule has 0 bridgehead atoms. The van der Waals surface area contributed by atoms with Crippen LogP contribution in [0.3, 0.4) is 0 Å². The number of nitrogens with zero attached hydrogens (tertiary/aromatic N) is 3. The number of carbonyl (C=O) groups is 6. The molecule has 0 atom stereocenters. The minimum absolute atomic E-state index is 0.0388. The van der Waals surface area contributed by atoms with Crippen LogP contribution in [0.2, 0.25) is 10.0 Å². The van der Waals surface area contributed by atoms with Gasteiger partial charge in [0, 0.05) is 29.4 Å². The van der Waals surface area contributed by atoms with Gasteiger partial charge in [0.25, 0.3) is 18.3 Å². The Morgan fingerprint density at radius 1 is 0.774 bits per heavy atom. The first-order chi connectivity index (χ1) is 29.3. The van der Waals surface area contributed by atoms with Crippen molar-refractivity contribution < 1.29 is 70.9 Å². The molecule has 0 aliphatic carbocycles. The Hall–Kier alpha value is -7.60. The van der Waals surface area contributed by atoms with Gasteiger partial charge in [-0.1, -0.05) is 23.2 Å².